The smallest absolute Gasteiger partial charge is 0.322 e. The molecule has 0 spiro atoms. The number of carboxylic acids is 2. The first-order chi connectivity index (χ1) is 44.2. The number of carbonyl (C=O) groups is 13. The minimum Gasteiger partial charge on any atom is -0.481 e. The summed E-state index contributed by atoms with van der Waals surface area (Å²) in [5, 5.41) is 78.3. The van der Waals surface area contributed by atoms with Gasteiger partial charge in [0, 0.05) is 23.5 Å². The summed E-state index contributed by atoms with van der Waals surface area (Å²) in [6.07, 6.45) is 0.837. The summed E-state index contributed by atoms with van der Waals surface area (Å²) in [4.78, 5) is 180. The van der Waals surface area contributed by atoms with E-state index in [2.05, 4.69) is 63.5 Å². The Labute approximate surface area is 548 Å². The fourth-order valence-electron chi connectivity index (χ4n) is 9.76. The zero-order chi connectivity index (χ0) is 71.4. The summed E-state index contributed by atoms with van der Waals surface area (Å²) in [5.41, 5.74) is 7.27. The van der Waals surface area contributed by atoms with E-state index in [9.17, 15) is 87.9 Å². The second kappa shape index (κ2) is 40.1. The molecule has 0 radical (unpaired) electrons. The minimum absolute atomic E-state index is 0.159. The molecule has 0 saturated heterocycles. The predicted octanol–water partition coefficient (Wildman–Crippen LogP) is -1.80. The van der Waals surface area contributed by atoms with Gasteiger partial charge in [0.25, 0.3) is 0 Å². The number of H-pyrrole nitrogens is 1. The molecule has 0 aliphatic heterocycles. The Morgan fingerprint density at radius 3 is 1.15 bits per heavy atom. The lowest BCUT2D eigenvalue weighted by Gasteiger charge is -2.33. The van der Waals surface area contributed by atoms with Gasteiger partial charge in [0.1, 0.15) is 67.0 Å². The maximum Gasteiger partial charge on any atom is 0.322 e. The maximum absolute atomic E-state index is 14.6. The number of hydrogen-bond donors (Lipinski definition) is 18. The third kappa shape index (κ3) is 24.6. The van der Waals surface area contributed by atoms with E-state index in [0.29, 0.717) is 35.7 Å². The van der Waals surface area contributed by atoms with Crippen molar-refractivity contribution in [2.45, 2.75) is 214 Å². The largest absolute Gasteiger partial charge is 0.481 e. The molecule has 2 rings (SSSR count). The number of carbonyl (C=O) groups excluding carboxylic acids is 11. The number of nitrogens with two attached hydrogens (primary N) is 1. The van der Waals surface area contributed by atoms with Crippen LogP contribution >= 0.6 is 0 Å². The molecular weight excluding hydrogens is 1230 g/mol. The number of aromatic nitrogens is 1. The standard InChI is InChI=1S/C63H103N13O18/c1-14-30(7)46(64)57(88)76-52(36(13)79)63(94)68-41(25-44(80)81)53(84)69-43(29-78)56(87)72-49(33(10)17-4)60(91)74-51(35(12)19-6)62(93)75-50(34(11)18-5)61(92)73-48(32(9)16-3)59(90)70-42(28-77)55(86)67-40(24-37-26-65-39-23-21-20-22-38(37)39)54(85)71-47(31(8)15-2)58(89)66-27-45(82)83/h20-23,26,30-36,40-43,46-52,65,77-79H,14-19,24-25,27-29,64H2,1-13H3,(H,66,89)(H,67,86)(H,68,94)(H,69,84)(H,70,90)(H,71,85)(H,72,87)(H,73,92)(H,74,91)(H,75,93)(H,76,88)(H,80,81)(H,82,83)/t30-,31-,32-,33-,34-,35-,36+,40-,41-,42-,43-,46-,47-,48-,49-,50-,51-,52-/m0/s1. The molecule has 94 heavy (non-hydrogen) atoms. The number of aliphatic hydroxyl groups is 3. The lowest BCUT2D eigenvalue weighted by atomic mass is 9.92. The third-order valence-corrected chi connectivity index (χ3v) is 17.4. The molecule has 19 N–H and O–H groups in total. The average molecular weight is 1330 g/mol. The van der Waals surface area contributed by atoms with Crippen molar-refractivity contribution in [3.8, 4) is 0 Å². The van der Waals surface area contributed by atoms with Gasteiger partial charge in [-0.15, -0.1) is 0 Å². The van der Waals surface area contributed by atoms with Crippen molar-refractivity contribution < 1.29 is 87.9 Å². The molecule has 18 atom stereocenters. The summed E-state index contributed by atoms with van der Waals surface area (Å²) in [7, 11) is 0. The van der Waals surface area contributed by atoms with Crippen molar-refractivity contribution in [2.24, 2.45) is 41.2 Å². The fourth-order valence-corrected chi connectivity index (χ4v) is 9.76. The van der Waals surface area contributed by atoms with Crippen molar-refractivity contribution in [3.05, 3.63) is 36.0 Å². The molecule has 528 valence electrons. The van der Waals surface area contributed by atoms with Gasteiger partial charge >= 0.3 is 11.9 Å². The lowest BCUT2D eigenvalue weighted by Crippen LogP contribution is -2.63. The van der Waals surface area contributed by atoms with Gasteiger partial charge in [-0.05, 0) is 54.1 Å². The highest BCUT2D eigenvalue weighted by atomic mass is 16.4. The first-order valence-corrected chi connectivity index (χ1v) is 32.2. The molecule has 11 amide bonds. The van der Waals surface area contributed by atoms with Gasteiger partial charge in [-0.1, -0.05) is 140 Å². The van der Waals surface area contributed by atoms with Crippen LogP contribution in [-0.4, -0.2) is 200 Å². The van der Waals surface area contributed by atoms with Gasteiger partial charge in [0.2, 0.25) is 65.0 Å². The number of benzene rings is 1. The molecule has 31 nitrogen and oxygen atoms in total. The monoisotopic (exact) mass is 1330 g/mol. The van der Waals surface area contributed by atoms with Crippen LogP contribution < -0.4 is 64.2 Å². The first-order valence-electron chi connectivity index (χ1n) is 32.2. The molecule has 2 aromatic rings. The quantitative estimate of drug-likeness (QED) is 0.0349. The summed E-state index contributed by atoms with van der Waals surface area (Å²) in [6, 6.07) is -9.51. The number of carboxylic acid groups (broad SMARTS) is 2. The summed E-state index contributed by atoms with van der Waals surface area (Å²) >= 11 is 0. The Hall–Kier alpha value is -8.29. The molecule has 0 aliphatic rings. The van der Waals surface area contributed by atoms with E-state index in [1.54, 1.807) is 114 Å². The van der Waals surface area contributed by atoms with E-state index in [-0.39, 0.29) is 31.6 Å². The molecule has 31 heteroatoms. The molecule has 1 aromatic heterocycles. The van der Waals surface area contributed by atoms with Crippen LogP contribution in [0.3, 0.4) is 0 Å². The summed E-state index contributed by atoms with van der Waals surface area (Å²) in [6.45, 7) is 18.6. The van der Waals surface area contributed by atoms with Crippen molar-refractivity contribution in [1.29, 1.82) is 0 Å². The maximum atomic E-state index is 14.6. The Bertz CT molecular complexity index is 2910. The number of amides is 11. The van der Waals surface area contributed by atoms with Crippen molar-refractivity contribution in [1.82, 2.24) is 63.5 Å². The molecule has 0 fully saturated rings. The second-order valence-corrected chi connectivity index (χ2v) is 24.4. The Balaban J connectivity index is 2.44. The average Bonchev–Trinajstić information content (AvgIpc) is 1.56. The highest BCUT2D eigenvalue weighted by Crippen LogP contribution is 2.21. The zero-order valence-corrected chi connectivity index (χ0v) is 56.2. The number of aliphatic hydroxyl groups excluding tert-OH is 3. The molecule has 1 heterocycles. The molecule has 1 aromatic carbocycles. The van der Waals surface area contributed by atoms with E-state index in [0.717, 1.165) is 6.92 Å². The number of aliphatic carboxylic acids is 2. The van der Waals surface area contributed by atoms with Crippen molar-refractivity contribution >= 4 is 87.8 Å². The molecule has 0 saturated carbocycles. The Morgan fingerprint density at radius 2 is 0.745 bits per heavy atom. The molecule has 0 bridgehead atoms. The topological polar surface area (TPSA) is 497 Å². The number of nitrogens with one attached hydrogen (secondary N) is 12. The van der Waals surface area contributed by atoms with E-state index < -0.39 is 205 Å². The highest BCUT2D eigenvalue weighted by molar-refractivity contribution is 6.00. The van der Waals surface area contributed by atoms with Gasteiger partial charge in [0.15, 0.2) is 0 Å². The van der Waals surface area contributed by atoms with Crippen molar-refractivity contribution in [2.75, 3.05) is 19.8 Å². The van der Waals surface area contributed by atoms with Gasteiger partial charge < -0.3 is 94.7 Å². The number of para-hydroxylation sites is 1. The van der Waals surface area contributed by atoms with Gasteiger partial charge in [-0.2, -0.15) is 0 Å². The van der Waals surface area contributed by atoms with E-state index in [4.69, 9.17) is 5.73 Å². The predicted molar refractivity (Wildman–Crippen MR) is 345 cm³/mol. The van der Waals surface area contributed by atoms with Crippen LogP contribution in [0.2, 0.25) is 0 Å². The third-order valence-electron chi connectivity index (χ3n) is 17.4. The molecule has 0 aliphatic carbocycles. The van der Waals surface area contributed by atoms with Crippen LogP contribution in [0.25, 0.3) is 10.9 Å². The van der Waals surface area contributed by atoms with E-state index >= 15 is 0 Å². The van der Waals surface area contributed by atoms with Gasteiger partial charge in [0.05, 0.1) is 31.8 Å². The highest BCUT2D eigenvalue weighted by Gasteiger charge is 2.40. The Kier molecular flexibility index (Phi) is 34.9. The van der Waals surface area contributed by atoms with Crippen LogP contribution in [0, 0.1) is 35.5 Å². The summed E-state index contributed by atoms with van der Waals surface area (Å²) < 4.78 is 0. The normalized spacial score (nSPS) is 17.1. The summed E-state index contributed by atoms with van der Waals surface area (Å²) in [5.74, 6) is -16.9. The Morgan fingerprint density at radius 1 is 0.415 bits per heavy atom. The minimum atomic E-state index is -1.94. The van der Waals surface area contributed by atoms with E-state index in [1.807, 2.05) is 0 Å². The zero-order valence-electron chi connectivity index (χ0n) is 56.2. The molecular formula is C63H103N13O18. The fraction of sp³-hybridized carbons (Fsp3) is 0.667. The van der Waals surface area contributed by atoms with Crippen molar-refractivity contribution in [3.63, 3.8) is 0 Å². The number of fused-ring (bicyclic) bond motifs is 1. The van der Waals surface area contributed by atoms with Crippen LogP contribution in [0.4, 0.5) is 0 Å². The van der Waals surface area contributed by atoms with Crippen LogP contribution in [-0.2, 0) is 68.7 Å². The van der Waals surface area contributed by atoms with E-state index in [1.165, 1.54) is 0 Å². The van der Waals surface area contributed by atoms with Crippen LogP contribution in [0.5, 0.6) is 0 Å². The second-order valence-electron chi connectivity index (χ2n) is 24.4. The molecule has 0 unspecified atom stereocenters. The van der Waals surface area contributed by atoms with Crippen LogP contribution in [0.1, 0.15) is 141 Å². The SMILES string of the molecule is CC[C@H](C)[C@H](N)C(=O)N[C@H](C(=O)N[C@@H](CC(=O)O)C(=O)N[C@@H](CO)C(=O)N[C@H](C(=O)N[C@H](C(=O)N[C@H](C(=O)N[C@H](C(=O)N[C@@H](CO)C(=O)N[C@@H](Cc1c[nH]c2ccccc12)C(=O)N[C@H](C(=O)NCC(=O)O)[C@@H](C)CC)[C@@H](C)CC)[C@@H](C)CC)[C@@H](C)CC)[C@@H](C)CC)[C@@H](C)O. The van der Waals surface area contributed by atoms with Gasteiger partial charge in [-0.25, -0.2) is 0 Å². The number of rotatable bonds is 42. The van der Waals surface area contributed by atoms with Gasteiger partial charge in [-0.3, -0.25) is 62.3 Å². The lowest BCUT2D eigenvalue weighted by molar-refractivity contribution is -0.142. The first kappa shape index (κ1) is 81.8. The number of aromatic amines is 1. The van der Waals surface area contributed by atoms with Crippen LogP contribution in [0.15, 0.2) is 30.5 Å². The number of hydrogen-bond acceptors (Lipinski definition) is 17.